The van der Waals surface area contributed by atoms with E-state index in [9.17, 15) is 9.59 Å². The molecule has 1 rings (SSSR count). The molecule has 0 atom stereocenters. The van der Waals surface area contributed by atoms with Crippen molar-refractivity contribution in [3.8, 4) is 0 Å². The molecule has 5 heteroatoms. The van der Waals surface area contributed by atoms with E-state index in [1.807, 2.05) is 13.8 Å². The van der Waals surface area contributed by atoms with E-state index >= 15 is 0 Å². The van der Waals surface area contributed by atoms with Gasteiger partial charge in [0.05, 0.1) is 0 Å². The van der Waals surface area contributed by atoms with E-state index in [2.05, 4.69) is 5.32 Å². The van der Waals surface area contributed by atoms with Crippen molar-refractivity contribution in [1.82, 2.24) is 10.2 Å². The second-order valence-electron chi connectivity index (χ2n) is 3.75. The molecule has 0 unspecified atom stereocenters. The average molecular weight is 214 g/mol. The molecular weight excluding hydrogens is 196 g/mol. The number of amides is 3. The molecule has 0 aromatic heterocycles. The third-order valence-electron chi connectivity index (χ3n) is 2.99. The molecule has 1 aliphatic rings. The summed E-state index contributed by atoms with van der Waals surface area (Å²) >= 11 is 0. The van der Waals surface area contributed by atoms with Crippen molar-refractivity contribution in [2.24, 2.45) is 0 Å². The summed E-state index contributed by atoms with van der Waals surface area (Å²) in [7, 11) is 0. The molecule has 0 saturated carbocycles. The van der Waals surface area contributed by atoms with Crippen LogP contribution in [0.2, 0.25) is 0 Å². The molecular formula is C10H18N2O3. The smallest absolute Gasteiger partial charge is 0.325 e. The zero-order chi connectivity index (χ0) is 11.5. The molecule has 1 fully saturated rings. The van der Waals surface area contributed by atoms with E-state index in [0.29, 0.717) is 25.8 Å². The lowest BCUT2D eigenvalue weighted by Gasteiger charge is -2.23. The van der Waals surface area contributed by atoms with Gasteiger partial charge in [-0.05, 0) is 19.3 Å². The van der Waals surface area contributed by atoms with Gasteiger partial charge >= 0.3 is 6.03 Å². The molecule has 5 nitrogen and oxygen atoms in total. The second kappa shape index (κ2) is 4.61. The van der Waals surface area contributed by atoms with Gasteiger partial charge in [0.15, 0.2) is 0 Å². The van der Waals surface area contributed by atoms with Crippen LogP contribution in [-0.2, 0) is 4.79 Å². The Bertz CT molecular complexity index is 261. The molecule has 0 aliphatic carbocycles. The molecule has 2 N–H and O–H groups in total. The van der Waals surface area contributed by atoms with Gasteiger partial charge in [0, 0.05) is 13.2 Å². The highest BCUT2D eigenvalue weighted by Gasteiger charge is 2.48. The molecule has 86 valence electrons. The summed E-state index contributed by atoms with van der Waals surface area (Å²) in [5.41, 5.74) is -0.716. The number of aliphatic hydroxyl groups is 1. The Hall–Kier alpha value is -1.10. The summed E-state index contributed by atoms with van der Waals surface area (Å²) < 4.78 is 0. The van der Waals surface area contributed by atoms with Gasteiger partial charge in [-0.25, -0.2) is 4.79 Å². The monoisotopic (exact) mass is 214 g/mol. The van der Waals surface area contributed by atoms with Gasteiger partial charge in [-0.15, -0.1) is 0 Å². The Morgan fingerprint density at radius 3 is 2.33 bits per heavy atom. The van der Waals surface area contributed by atoms with Crippen molar-refractivity contribution in [3.05, 3.63) is 0 Å². The Kier molecular flexibility index (Phi) is 3.68. The molecule has 0 spiro atoms. The first-order chi connectivity index (χ1) is 7.11. The molecule has 1 saturated heterocycles. The fourth-order valence-corrected chi connectivity index (χ4v) is 1.84. The van der Waals surface area contributed by atoms with Gasteiger partial charge in [0.1, 0.15) is 5.54 Å². The van der Waals surface area contributed by atoms with Crippen LogP contribution in [0, 0.1) is 0 Å². The van der Waals surface area contributed by atoms with Crippen LogP contribution in [0.1, 0.15) is 33.1 Å². The van der Waals surface area contributed by atoms with Gasteiger partial charge in [-0.1, -0.05) is 13.8 Å². The van der Waals surface area contributed by atoms with Gasteiger partial charge in [-0.3, -0.25) is 9.69 Å². The van der Waals surface area contributed by atoms with Gasteiger partial charge in [-0.2, -0.15) is 0 Å². The van der Waals surface area contributed by atoms with E-state index in [-0.39, 0.29) is 18.5 Å². The normalized spacial score (nSPS) is 19.5. The lowest BCUT2D eigenvalue weighted by atomic mass is 9.93. The Morgan fingerprint density at radius 2 is 1.93 bits per heavy atom. The van der Waals surface area contributed by atoms with Crippen molar-refractivity contribution in [2.75, 3.05) is 13.2 Å². The molecule has 0 aromatic carbocycles. The summed E-state index contributed by atoms with van der Waals surface area (Å²) in [6, 6.07) is -0.336. The van der Waals surface area contributed by atoms with Crippen LogP contribution in [0.4, 0.5) is 4.79 Å². The zero-order valence-electron chi connectivity index (χ0n) is 9.25. The quantitative estimate of drug-likeness (QED) is 0.654. The van der Waals surface area contributed by atoms with Crippen molar-refractivity contribution in [3.63, 3.8) is 0 Å². The number of hydrogen-bond acceptors (Lipinski definition) is 3. The van der Waals surface area contributed by atoms with Crippen LogP contribution in [0.25, 0.3) is 0 Å². The number of nitrogens with one attached hydrogen (secondary N) is 1. The average Bonchev–Trinajstić information content (AvgIpc) is 2.49. The summed E-state index contributed by atoms with van der Waals surface area (Å²) in [6.45, 7) is 4.06. The maximum absolute atomic E-state index is 12.0. The molecule has 0 aromatic rings. The minimum absolute atomic E-state index is 0.0116. The third-order valence-corrected chi connectivity index (χ3v) is 2.99. The number of imide groups is 1. The minimum atomic E-state index is -0.716. The van der Waals surface area contributed by atoms with E-state index in [1.54, 1.807) is 0 Å². The molecule has 15 heavy (non-hydrogen) atoms. The third kappa shape index (κ3) is 1.97. The summed E-state index contributed by atoms with van der Waals surface area (Å²) in [5.74, 6) is -0.161. The number of hydrogen-bond donors (Lipinski definition) is 2. The zero-order valence-corrected chi connectivity index (χ0v) is 9.25. The van der Waals surface area contributed by atoms with Crippen LogP contribution >= 0.6 is 0 Å². The first-order valence-corrected chi connectivity index (χ1v) is 5.36. The van der Waals surface area contributed by atoms with E-state index in [1.165, 1.54) is 4.90 Å². The van der Waals surface area contributed by atoms with E-state index in [0.717, 1.165) is 0 Å². The number of carbonyl (C=O) groups is 2. The molecule has 0 radical (unpaired) electrons. The molecule has 1 heterocycles. The van der Waals surface area contributed by atoms with Gasteiger partial charge < -0.3 is 10.4 Å². The standard InChI is InChI=1S/C10H18N2O3/c1-3-10(4-2)8(14)12(6-5-7-13)9(15)11-10/h13H,3-7H2,1-2H3,(H,11,15). The number of urea groups is 1. The molecule has 3 amide bonds. The molecule has 0 bridgehead atoms. The maximum atomic E-state index is 12.0. The Labute approximate surface area is 89.4 Å². The van der Waals surface area contributed by atoms with Crippen molar-refractivity contribution in [1.29, 1.82) is 0 Å². The highest BCUT2D eigenvalue weighted by atomic mass is 16.3. The first kappa shape index (κ1) is 12.0. The highest BCUT2D eigenvalue weighted by molar-refractivity contribution is 6.06. The summed E-state index contributed by atoms with van der Waals surface area (Å²) in [6.07, 6.45) is 1.63. The fourth-order valence-electron chi connectivity index (χ4n) is 1.84. The van der Waals surface area contributed by atoms with Crippen LogP contribution in [0.5, 0.6) is 0 Å². The summed E-state index contributed by atoms with van der Waals surface area (Å²) in [5, 5.41) is 11.4. The van der Waals surface area contributed by atoms with E-state index < -0.39 is 5.54 Å². The number of nitrogens with zero attached hydrogens (tertiary/aromatic N) is 1. The number of aliphatic hydroxyl groups excluding tert-OH is 1. The molecule has 1 aliphatic heterocycles. The van der Waals surface area contributed by atoms with Crippen molar-refractivity contribution >= 4 is 11.9 Å². The topological polar surface area (TPSA) is 69.6 Å². The van der Waals surface area contributed by atoms with Gasteiger partial charge in [0.2, 0.25) is 0 Å². The first-order valence-electron chi connectivity index (χ1n) is 5.36. The predicted molar refractivity (Wildman–Crippen MR) is 55.3 cm³/mol. The van der Waals surface area contributed by atoms with Crippen molar-refractivity contribution < 1.29 is 14.7 Å². The summed E-state index contributed by atoms with van der Waals surface area (Å²) in [4.78, 5) is 24.7. The number of rotatable bonds is 5. The highest BCUT2D eigenvalue weighted by Crippen LogP contribution is 2.24. The largest absolute Gasteiger partial charge is 0.396 e. The van der Waals surface area contributed by atoms with Crippen molar-refractivity contribution in [2.45, 2.75) is 38.6 Å². The SMILES string of the molecule is CCC1(CC)NC(=O)N(CCCO)C1=O. The Balaban J connectivity index is 2.77. The second-order valence-corrected chi connectivity index (χ2v) is 3.75. The lowest BCUT2D eigenvalue weighted by Crippen LogP contribution is -2.45. The Morgan fingerprint density at radius 1 is 1.33 bits per heavy atom. The van der Waals surface area contributed by atoms with Crippen LogP contribution in [0.3, 0.4) is 0 Å². The lowest BCUT2D eigenvalue weighted by molar-refractivity contribution is -0.131. The maximum Gasteiger partial charge on any atom is 0.325 e. The minimum Gasteiger partial charge on any atom is -0.396 e. The van der Waals surface area contributed by atoms with Gasteiger partial charge in [0.25, 0.3) is 5.91 Å². The van der Waals surface area contributed by atoms with Crippen LogP contribution in [-0.4, -0.2) is 40.6 Å². The van der Waals surface area contributed by atoms with Crippen LogP contribution in [0.15, 0.2) is 0 Å². The van der Waals surface area contributed by atoms with E-state index in [4.69, 9.17) is 5.11 Å². The number of carbonyl (C=O) groups excluding carboxylic acids is 2. The predicted octanol–water partition coefficient (Wildman–Crippen LogP) is 0.479. The fraction of sp³-hybridized carbons (Fsp3) is 0.800. The van der Waals surface area contributed by atoms with Crippen LogP contribution < -0.4 is 5.32 Å².